The van der Waals surface area contributed by atoms with Crippen LogP contribution in [0.4, 0.5) is 0 Å². The Morgan fingerprint density at radius 2 is 2.06 bits per heavy atom. The number of nitrogens with zero attached hydrogens (tertiary/aromatic N) is 1. The van der Waals surface area contributed by atoms with Crippen LogP contribution in [0.3, 0.4) is 0 Å². The zero-order valence-corrected chi connectivity index (χ0v) is 12.6. The number of piperidine rings is 1. The van der Waals surface area contributed by atoms with Crippen LogP contribution < -0.4 is 34.7 Å². The number of carbonyl (C=O) groups is 1. The molecule has 1 aromatic rings. The number of aliphatic hydroxyl groups excluding tert-OH is 1. The van der Waals surface area contributed by atoms with E-state index in [0.717, 1.165) is 18.7 Å². The number of aliphatic hydroxyl groups is 1. The minimum absolute atomic E-state index is 0. The number of aliphatic carboxylic acids is 1. The Morgan fingerprint density at radius 3 is 2.67 bits per heavy atom. The van der Waals surface area contributed by atoms with Gasteiger partial charge in [0.15, 0.2) is 0 Å². The Kier molecular flexibility index (Phi) is 6.32. The quantitative estimate of drug-likeness (QED) is 0.574. The summed E-state index contributed by atoms with van der Waals surface area (Å²) in [6.07, 6.45) is -0.280. The average molecular weight is 257 g/mol. The van der Waals surface area contributed by atoms with Gasteiger partial charge in [-0.1, -0.05) is 30.3 Å². The van der Waals surface area contributed by atoms with Crippen molar-refractivity contribution in [3.63, 3.8) is 0 Å². The molecule has 1 aliphatic heterocycles. The zero-order valence-electron chi connectivity index (χ0n) is 10.6. The molecule has 1 aliphatic rings. The molecule has 1 fully saturated rings. The van der Waals surface area contributed by atoms with Gasteiger partial charge in [-0.25, -0.2) is 0 Å². The summed E-state index contributed by atoms with van der Waals surface area (Å²) in [4.78, 5) is 12.9. The minimum Gasteiger partial charge on any atom is -0.550 e. The van der Waals surface area contributed by atoms with Gasteiger partial charge in [-0.3, -0.25) is 4.90 Å². The molecule has 0 spiro atoms. The van der Waals surface area contributed by atoms with E-state index in [9.17, 15) is 15.0 Å². The summed E-state index contributed by atoms with van der Waals surface area (Å²) in [5, 5.41) is 20.4. The molecule has 0 aliphatic carbocycles. The monoisotopic (exact) mass is 257 g/mol. The maximum atomic E-state index is 10.9. The third-order valence-corrected chi connectivity index (χ3v) is 3.21. The normalized spacial score (nSPS) is 24.3. The van der Waals surface area contributed by atoms with Crippen molar-refractivity contribution in [1.82, 2.24) is 4.90 Å². The molecule has 0 aromatic heterocycles. The summed E-state index contributed by atoms with van der Waals surface area (Å²) < 4.78 is 0. The van der Waals surface area contributed by atoms with E-state index in [1.807, 2.05) is 35.2 Å². The number of carboxylic acid groups (broad SMARTS) is 1. The van der Waals surface area contributed by atoms with E-state index in [1.54, 1.807) is 0 Å². The maximum absolute atomic E-state index is 10.9. The van der Waals surface area contributed by atoms with E-state index in [4.69, 9.17) is 0 Å². The van der Waals surface area contributed by atoms with Gasteiger partial charge in [0.2, 0.25) is 0 Å². The van der Waals surface area contributed by atoms with E-state index >= 15 is 0 Å². The summed E-state index contributed by atoms with van der Waals surface area (Å²) in [7, 11) is 0. The number of carbonyl (C=O) groups excluding carboxylic acids is 1. The van der Waals surface area contributed by atoms with Gasteiger partial charge in [-0.2, -0.15) is 0 Å². The van der Waals surface area contributed by atoms with E-state index in [1.165, 1.54) is 0 Å². The first kappa shape index (κ1) is 15.7. The number of hydrogen-bond donors (Lipinski definition) is 1. The van der Waals surface area contributed by atoms with E-state index < -0.39 is 18.0 Å². The first-order valence-electron chi connectivity index (χ1n) is 5.82. The van der Waals surface area contributed by atoms with Crippen molar-refractivity contribution in [3.05, 3.63) is 35.9 Å². The Bertz CT molecular complexity index is 385. The van der Waals surface area contributed by atoms with Crippen molar-refractivity contribution in [2.75, 3.05) is 13.1 Å². The van der Waals surface area contributed by atoms with Crippen LogP contribution in [0.2, 0.25) is 0 Å². The molecule has 92 valence electrons. The molecule has 0 saturated carbocycles. The SMILES string of the molecule is O=C([O-])[C@@H]1CN(Cc2ccccc2)CC[C@@H]1O.[Na+]. The van der Waals surface area contributed by atoms with Crippen LogP contribution in [0.5, 0.6) is 0 Å². The molecule has 4 nitrogen and oxygen atoms in total. The van der Waals surface area contributed by atoms with Crippen molar-refractivity contribution in [3.8, 4) is 0 Å². The van der Waals surface area contributed by atoms with Gasteiger partial charge in [0.05, 0.1) is 6.10 Å². The molecule has 0 bridgehead atoms. The molecule has 18 heavy (non-hydrogen) atoms. The van der Waals surface area contributed by atoms with Crippen LogP contribution in [-0.2, 0) is 11.3 Å². The number of benzene rings is 1. The number of carboxylic acids is 1. The van der Waals surface area contributed by atoms with Crippen LogP contribution in [0.1, 0.15) is 12.0 Å². The van der Waals surface area contributed by atoms with Crippen molar-refractivity contribution >= 4 is 5.97 Å². The fraction of sp³-hybridized carbons (Fsp3) is 0.462. The number of likely N-dealkylation sites (tertiary alicyclic amines) is 1. The zero-order chi connectivity index (χ0) is 12.3. The molecule has 1 saturated heterocycles. The predicted octanol–water partition coefficient (Wildman–Crippen LogP) is -3.38. The van der Waals surface area contributed by atoms with Gasteiger partial charge >= 0.3 is 29.6 Å². The number of hydrogen-bond acceptors (Lipinski definition) is 4. The Hall–Kier alpha value is -0.390. The van der Waals surface area contributed by atoms with Crippen LogP contribution in [0.25, 0.3) is 0 Å². The average Bonchev–Trinajstić information content (AvgIpc) is 2.32. The van der Waals surface area contributed by atoms with Crippen molar-refractivity contribution in [2.24, 2.45) is 5.92 Å². The summed E-state index contributed by atoms with van der Waals surface area (Å²) in [5.41, 5.74) is 1.15. The molecule has 5 heteroatoms. The van der Waals surface area contributed by atoms with Gasteiger partial charge < -0.3 is 15.0 Å². The van der Waals surface area contributed by atoms with Crippen molar-refractivity contribution in [2.45, 2.75) is 19.1 Å². The standard InChI is InChI=1S/C13H17NO3.Na/c15-12-6-7-14(9-11(12)13(16)17)8-10-4-2-1-3-5-10;/h1-5,11-12,15H,6-9H2,(H,16,17);/q;+1/p-1/t11-,12+;/m1./s1. The molecule has 1 aromatic carbocycles. The Morgan fingerprint density at radius 1 is 1.39 bits per heavy atom. The first-order chi connectivity index (χ1) is 8.16. The van der Waals surface area contributed by atoms with Gasteiger partial charge in [0.1, 0.15) is 0 Å². The first-order valence-corrected chi connectivity index (χ1v) is 5.82. The predicted molar refractivity (Wildman–Crippen MR) is 60.8 cm³/mol. The molecule has 2 atom stereocenters. The molecular weight excluding hydrogens is 241 g/mol. The fourth-order valence-corrected chi connectivity index (χ4v) is 2.22. The molecule has 1 N–H and O–H groups in total. The van der Waals surface area contributed by atoms with E-state index in [2.05, 4.69) is 0 Å². The summed E-state index contributed by atoms with van der Waals surface area (Å²) >= 11 is 0. The maximum Gasteiger partial charge on any atom is 1.00 e. The third kappa shape index (κ3) is 4.07. The van der Waals surface area contributed by atoms with Crippen LogP contribution in [-0.4, -0.2) is 35.2 Å². The minimum atomic E-state index is -1.16. The largest absolute Gasteiger partial charge is 1.00 e. The second-order valence-corrected chi connectivity index (χ2v) is 4.50. The van der Waals surface area contributed by atoms with Crippen molar-refractivity contribution in [1.29, 1.82) is 0 Å². The topological polar surface area (TPSA) is 63.6 Å². The molecule has 2 rings (SSSR count). The van der Waals surface area contributed by atoms with Gasteiger partial charge in [-0.05, 0) is 12.0 Å². The van der Waals surface area contributed by atoms with Crippen LogP contribution >= 0.6 is 0 Å². The van der Waals surface area contributed by atoms with Gasteiger partial charge in [0, 0.05) is 31.5 Å². The summed E-state index contributed by atoms with van der Waals surface area (Å²) in [6.45, 7) is 1.80. The summed E-state index contributed by atoms with van der Waals surface area (Å²) in [6, 6.07) is 9.90. The second kappa shape index (κ2) is 7.26. The molecule has 0 unspecified atom stereocenters. The number of rotatable bonds is 3. The smallest absolute Gasteiger partial charge is 0.550 e. The van der Waals surface area contributed by atoms with Gasteiger partial charge in [0.25, 0.3) is 0 Å². The van der Waals surface area contributed by atoms with E-state index in [0.29, 0.717) is 13.0 Å². The van der Waals surface area contributed by atoms with Crippen LogP contribution in [0.15, 0.2) is 30.3 Å². The van der Waals surface area contributed by atoms with E-state index in [-0.39, 0.29) is 29.6 Å². The Labute approximate surface area is 129 Å². The second-order valence-electron chi connectivity index (χ2n) is 4.50. The molecule has 0 radical (unpaired) electrons. The Balaban J connectivity index is 0.00000162. The van der Waals surface area contributed by atoms with Crippen LogP contribution in [0, 0.1) is 5.92 Å². The fourth-order valence-electron chi connectivity index (χ4n) is 2.22. The van der Waals surface area contributed by atoms with Crippen molar-refractivity contribution < 1.29 is 44.6 Å². The third-order valence-electron chi connectivity index (χ3n) is 3.21. The summed E-state index contributed by atoms with van der Waals surface area (Å²) in [5.74, 6) is -1.93. The molecule has 0 amide bonds. The molecule has 1 heterocycles. The molecular formula is C13H16NNaO3. The van der Waals surface area contributed by atoms with Gasteiger partial charge in [-0.15, -0.1) is 0 Å².